The number of hydrogen-bond acceptors (Lipinski definition) is 4. The number of para-hydroxylation sites is 1. The van der Waals surface area contributed by atoms with Crippen LogP contribution in [0.5, 0.6) is 5.75 Å². The lowest BCUT2D eigenvalue weighted by Crippen LogP contribution is -2.21. The van der Waals surface area contributed by atoms with Gasteiger partial charge in [-0.15, -0.1) is 0 Å². The van der Waals surface area contributed by atoms with Gasteiger partial charge in [0.25, 0.3) is 5.91 Å². The molecule has 5 nitrogen and oxygen atoms in total. The lowest BCUT2D eigenvalue weighted by molar-refractivity contribution is -0.118. The number of rotatable bonds is 6. The number of benzene rings is 3. The minimum atomic E-state index is -3.42. The summed E-state index contributed by atoms with van der Waals surface area (Å²) in [5, 5.41) is 4.72. The van der Waals surface area contributed by atoms with Gasteiger partial charge >= 0.3 is 0 Å². The van der Waals surface area contributed by atoms with Crippen LogP contribution in [0.25, 0.3) is 10.8 Å². The van der Waals surface area contributed by atoms with Crippen molar-refractivity contribution in [1.29, 1.82) is 0 Å². The number of carbonyl (C=O) groups excluding carboxylic acids is 1. The topological polar surface area (TPSA) is 72.5 Å². The third-order valence-electron chi connectivity index (χ3n) is 3.97. The second kappa shape index (κ2) is 7.58. The maximum absolute atomic E-state index is 12.2. The van der Waals surface area contributed by atoms with Crippen molar-refractivity contribution in [3.05, 3.63) is 66.7 Å². The van der Waals surface area contributed by atoms with E-state index < -0.39 is 15.7 Å². The molecule has 3 aromatic carbocycles. The summed E-state index contributed by atoms with van der Waals surface area (Å²) in [4.78, 5) is 12.3. The molecule has 6 heteroatoms. The molecule has 0 aliphatic carbocycles. The number of amides is 1. The zero-order valence-corrected chi connectivity index (χ0v) is 15.1. The fourth-order valence-electron chi connectivity index (χ4n) is 2.59. The van der Waals surface area contributed by atoms with Crippen LogP contribution in [0.1, 0.15) is 6.92 Å². The van der Waals surface area contributed by atoms with Crippen molar-refractivity contribution in [2.45, 2.75) is 11.8 Å². The first-order valence-corrected chi connectivity index (χ1v) is 9.88. The molecule has 3 aromatic rings. The highest BCUT2D eigenvalue weighted by atomic mass is 32.2. The number of hydrogen-bond donors (Lipinski definition) is 1. The highest BCUT2D eigenvalue weighted by Crippen LogP contribution is 2.23. The number of ether oxygens (including phenoxy) is 1. The Morgan fingerprint density at radius 3 is 2.42 bits per heavy atom. The Morgan fingerprint density at radius 2 is 1.65 bits per heavy atom. The second-order valence-corrected chi connectivity index (χ2v) is 7.99. The molecule has 0 saturated carbocycles. The van der Waals surface area contributed by atoms with Crippen LogP contribution in [0, 0.1) is 0 Å². The molecule has 26 heavy (non-hydrogen) atoms. The highest BCUT2D eigenvalue weighted by molar-refractivity contribution is 7.91. The van der Waals surface area contributed by atoms with Crippen molar-refractivity contribution in [3.8, 4) is 5.75 Å². The lowest BCUT2D eigenvalue weighted by Gasteiger charge is -2.11. The van der Waals surface area contributed by atoms with Gasteiger partial charge in [-0.25, -0.2) is 8.42 Å². The van der Waals surface area contributed by atoms with Gasteiger partial charge in [-0.1, -0.05) is 49.4 Å². The quantitative estimate of drug-likeness (QED) is 0.720. The van der Waals surface area contributed by atoms with E-state index in [0.29, 0.717) is 5.75 Å². The van der Waals surface area contributed by atoms with E-state index in [9.17, 15) is 13.2 Å². The van der Waals surface area contributed by atoms with Gasteiger partial charge in [0.05, 0.1) is 16.3 Å². The van der Waals surface area contributed by atoms with Crippen molar-refractivity contribution in [2.75, 3.05) is 17.7 Å². The van der Waals surface area contributed by atoms with E-state index in [0.717, 1.165) is 10.8 Å². The van der Waals surface area contributed by atoms with E-state index in [1.807, 2.05) is 36.4 Å². The molecule has 0 fully saturated rings. The molecular formula is C20H19NO4S. The first-order chi connectivity index (χ1) is 12.5. The number of fused-ring (bicyclic) bond motifs is 1. The molecule has 0 radical (unpaired) electrons. The molecule has 0 bridgehead atoms. The van der Waals surface area contributed by atoms with Gasteiger partial charge in [0.1, 0.15) is 5.75 Å². The molecule has 0 atom stereocenters. The number of anilines is 1. The molecule has 0 aliphatic heterocycles. The number of carbonyl (C=O) groups is 1. The van der Waals surface area contributed by atoms with Gasteiger partial charge in [0, 0.05) is 0 Å². The third kappa shape index (κ3) is 4.03. The summed E-state index contributed by atoms with van der Waals surface area (Å²) in [7, 11) is -3.42. The SMILES string of the molecule is CCS(=O)(=O)c1ccccc1NC(=O)COc1ccc2ccccc2c1. The van der Waals surface area contributed by atoms with Crippen LogP contribution >= 0.6 is 0 Å². The maximum atomic E-state index is 12.2. The summed E-state index contributed by atoms with van der Waals surface area (Å²) in [5.41, 5.74) is 0.265. The lowest BCUT2D eigenvalue weighted by atomic mass is 10.1. The average Bonchev–Trinajstić information content (AvgIpc) is 2.66. The number of sulfone groups is 1. The zero-order valence-electron chi connectivity index (χ0n) is 14.3. The van der Waals surface area contributed by atoms with Gasteiger partial charge in [-0.2, -0.15) is 0 Å². The van der Waals surface area contributed by atoms with Crippen molar-refractivity contribution in [2.24, 2.45) is 0 Å². The predicted molar refractivity (Wildman–Crippen MR) is 102 cm³/mol. The van der Waals surface area contributed by atoms with Crippen LogP contribution in [-0.2, 0) is 14.6 Å². The second-order valence-electron chi connectivity index (χ2n) is 5.75. The van der Waals surface area contributed by atoms with E-state index in [4.69, 9.17) is 4.74 Å². The predicted octanol–water partition coefficient (Wildman–Crippen LogP) is 3.65. The van der Waals surface area contributed by atoms with Crippen LogP contribution < -0.4 is 10.1 Å². The molecule has 0 unspecified atom stereocenters. The Morgan fingerprint density at radius 1 is 0.962 bits per heavy atom. The van der Waals surface area contributed by atoms with Crippen molar-refractivity contribution >= 4 is 32.2 Å². The minimum Gasteiger partial charge on any atom is -0.484 e. The van der Waals surface area contributed by atoms with Gasteiger partial charge < -0.3 is 10.1 Å². The normalized spacial score (nSPS) is 11.3. The largest absolute Gasteiger partial charge is 0.484 e. The van der Waals surface area contributed by atoms with Gasteiger partial charge in [-0.3, -0.25) is 4.79 Å². The van der Waals surface area contributed by atoms with Crippen molar-refractivity contribution in [3.63, 3.8) is 0 Å². The summed E-state index contributed by atoms with van der Waals surface area (Å²) >= 11 is 0. The monoisotopic (exact) mass is 369 g/mol. The van der Waals surface area contributed by atoms with E-state index >= 15 is 0 Å². The Labute approximate surface area is 152 Å². The van der Waals surface area contributed by atoms with Crippen LogP contribution in [-0.4, -0.2) is 26.7 Å². The zero-order chi connectivity index (χ0) is 18.6. The molecular weight excluding hydrogens is 350 g/mol. The summed E-state index contributed by atoms with van der Waals surface area (Å²) < 4.78 is 29.8. The molecule has 0 heterocycles. The molecule has 0 spiro atoms. The molecule has 1 N–H and O–H groups in total. The van der Waals surface area contributed by atoms with Crippen molar-refractivity contribution in [1.82, 2.24) is 0 Å². The summed E-state index contributed by atoms with van der Waals surface area (Å²) in [6, 6.07) is 19.8. The Kier molecular flexibility index (Phi) is 5.23. The maximum Gasteiger partial charge on any atom is 0.262 e. The van der Waals surface area contributed by atoms with Gasteiger partial charge in [0.2, 0.25) is 0 Å². The van der Waals surface area contributed by atoms with Crippen LogP contribution in [0.15, 0.2) is 71.6 Å². The standard InChI is InChI=1S/C20H19NO4S/c1-2-26(23,24)19-10-6-5-9-18(19)21-20(22)14-25-17-12-11-15-7-3-4-8-16(15)13-17/h3-13H,2,14H2,1H3,(H,21,22). The van der Waals surface area contributed by atoms with E-state index in [1.165, 1.54) is 6.07 Å². The first-order valence-electron chi connectivity index (χ1n) is 8.23. The highest BCUT2D eigenvalue weighted by Gasteiger charge is 2.17. The molecule has 0 aromatic heterocycles. The fourth-order valence-corrected chi connectivity index (χ4v) is 3.64. The fraction of sp³-hybridized carbons (Fsp3) is 0.150. The van der Waals surface area contributed by atoms with E-state index in [2.05, 4.69) is 5.32 Å². The van der Waals surface area contributed by atoms with E-state index in [-0.39, 0.29) is 22.9 Å². The number of nitrogens with one attached hydrogen (secondary N) is 1. The van der Waals surface area contributed by atoms with Crippen LogP contribution in [0.4, 0.5) is 5.69 Å². The third-order valence-corrected chi connectivity index (χ3v) is 5.75. The first kappa shape index (κ1) is 17.9. The van der Waals surface area contributed by atoms with E-state index in [1.54, 1.807) is 31.2 Å². The molecule has 3 rings (SSSR count). The van der Waals surface area contributed by atoms with Gasteiger partial charge in [-0.05, 0) is 35.0 Å². The molecule has 0 saturated heterocycles. The summed E-state index contributed by atoms with van der Waals surface area (Å²) in [6.45, 7) is 1.36. The van der Waals surface area contributed by atoms with Crippen LogP contribution in [0.2, 0.25) is 0 Å². The molecule has 134 valence electrons. The summed E-state index contributed by atoms with van der Waals surface area (Å²) in [5.74, 6) is 0.123. The molecule has 1 amide bonds. The van der Waals surface area contributed by atoms with Gasteiger partial charge in [0.15, 0.2) is 16.4 Å². The minimum absolute atomic E-state index is 0.0343. The summed E-state index contributed by atoms with van der Waals surface area (Å²) in [6.07, 6.45) is 0. The Balaban J connectivity index is 1.69. The Bertz CT molecular complexity index is 1040. The average molecular weight is 369 g/mol. The smallest absolute Gasteiger partial charge is 0.262 e. The molecule has 0 aliphatic rings. The Hall–Kier alpha value is -2.86. The van der Waals surface area contributed by atoms with Crippen molar-refractivity contribution < 1.29 is 17.9 Å². The van der Waals surface area contributed by atoms with Crippen LogP contribution in [0.3, 0.4) is 0 Å².